The number of halogens is 1. The topological polar surface area (TPSA) is 112 Å². The molecule has 4 aromatic heterocycles. The maximum atomic E-state index is 13.9. The van der Waals surface area contributed by atoms with E-state index in [1.54, 1.807) is 24.5 Å². The molecule has 2 N–H and O–H groups in total. The van der Waals surface area contributed by atoms with Gasteiger partial charge in [0.15, 0.2) is 34.3 Å². The van der Waals surface area contributed by atoms with Gasteiger partial charge in [-0.1, -0.05) is 0 Å². The summed E-state index contributed by atoms with van der Waals surface area (Å²) in [7, 11) is 0. The molecule has 0 saturated heterocycles. The van der Waals surface area contributed by atoms with Gasteiger partial charge in [-0.05, 0) is 19.1 Å². The number of benzene rings is 1. The number of aryl methyl sites for hydroxylation is 1. The molecular formula is C27H28FN7O3. The van der Waals surface area contributed by atoms with E-state index in [0.717, 1.165) is 47.9 Å². The average Bonchev–Trinajstić information content (AvgIpc) is 3.51. The Kier molecular flexibility index (Phi) is 6.74. The van der Waals surface area contributed by atoms with Crippen LogP contribution < -0.4 is 20.1 Å². The standard InChI is InChI=1S/C27H28FN7O3/c1-2-35-20-15-23-22(36-12-13-37-23)14-18(20)33-24(35)6-9-29-10-7-25-34-26-21(38-25)5-11-31-27(26)32-16-19-17(28)4-3-8-30-19/h3-5,8,11,14-15,29H,2,6-7,9-10,12-13,16H2,1H3,(H,31,32). The Morgan fingerprint density at radius 3 is 2.68 bits per heavy atom. The number of nitrogens with one attached hydrogen (secondary N) is 2. The monoisotopic (exact) mass is 517 g/mol. The molecule has 0 spiro atoms. The van der Waals surface area contributed by atoms with Crippen LogP contribution >= 0.6 is 0 Å². The molecule has 1 aromatic carbocycles. The lowest BCUT2D eigenvalue weighted by atomic mass is 10.2. The maximum absolute atomic E-state index is 13.9. The molecule has 0 unspecified atom stereocenters. The van der Waals surface area contributed by atoms with Gasteiger partial charge in [-0.15, -0.1) is 0 Å². The molecule has 196 valence electrons. The van der Waals surface area contributed by atoms with Gasteiger partial charge in [0.05, 0.1) is 23.3 Å². The van der Waals surface area contributed by atoms with Crippen molar-refractivity contribution in [1.82, 2.24) is 29.8 Å². The fraction of sp³-hybridized carbons (Fsp3) is 0.333. The molecule has 11 heteroatoms. The SMILES string of the molecule is CCn1c(CCNCCc2nc3c(NCc4ncccc4F)nccc3o2)nc2cc3c(cc21)OCCO3. The van der Waals surface area contributed by atoms with Crippen LogP contribution in [0.3, 0.4) is 0 Å². The predicted molar refractivity (Wildman–Crippen MR) is 140 cm³/mol. The molecule has 0 amide bonds. The zero-order valence-corrected chi connectivity index (χ0v) is 21.0. The van der Waals surface area contributed by atoms with Crippen molar-refractivity contribution in [2.75, 3.05) is 31.6 Å². The number of rotatable bonds is 10. The molecule has 38 heavy (non-hydrogen) atoms. The molecule has 0 atom stereocenters. The van der Waals surface area contributed by atoms with Crippen LogP contribution in [0.15, 0.2) is 47.1 Å². The lowest BCUT2D eigenvalue weighted by Gasteiger charge is -2.18. The molecule has 5 aromatic rings. The zero-order valence-electron chi connectivity index (χ0n) is 21.0. The van der Waals surface area contributed by atoms with Crippen molar-refractivity contribution in [3.8, 4) is 11.5 Å². The summed E-state index contributed by atoms with van der Waals surface area (Å²) in [4.78, 5) is 17.9. The Labute approximate surface area is 218 Å². The van der Waals surface area contributed by atoms with E-state index in [1.807, 2.05) is 12.1 Å². The zero-order chi connectivity index (χ0) is 25.9. The number of aromatic nitrogens is 5. The Bertz CT molecular complexity index is 1580. The minimum Gasteiger partial charge on any atom is -0.486 e. The van der Waals surface area contributed by atoms with Crippen molar-refractivity contribution in [3.05, 3.63) is 66.0 Å². The van der Waals surface area contributed by atoms with Gasteiger partial charge in [0.1, 0.15) is 24.9 Å². The highest BCUT2D eigenvalue weighted by Crippen LogP contribution is 2.34. The van der Waals surface area contributed by atoms with Gasteiger partial charge < -0.3 is 29.1 Å². The van der Waals surface area contributed by atoms with E-state index in [0.29, 0.717) is 54.7 Å². The predicted octanol–water partition coefficient (Wildman–Crippen LogP) is 3.88. The molecular weight excluding hydrogens is 489 g/mol. The second-order valence-electron chi connectivity index (χ2n) is 8.91. The molecule has 1 aliphatic rings. The van der Waals surface area contributed by atoms with Crippen LogP contribution in [-0.4, -0.2) is 50.8 Å². The molecule has 0 saturated carbocycles. The van der Waals surface area contributed by atoms with Crippen LogP contribution in [0.1, 0.15) is 24.3 Å². The second kappa shape index (κ2) is 10.6. The number of fused-ring (bicyclic) bond motifs is 3. The number of nitrogens with zero attached hydrogens (tertiary/aromatic N) is 5. The van der Waals surface area contributed by atoms with Crippen molar-refractivity contribution in [1.29, 1.82) is 0 Å². The van der Waals surface area contributed by atoms with E-state index in [4.69, 9.17) is 18.9 Å². The molecule has 0 fully saturated rings. The van der Waals surface area contributed by atoms with E-state index >= 15 is 0 Å². The molecule has 5 heterocycles. The van der Waals surface area contributed by atoms with E-state index in [-0.39, 0.29) is 12.4 Å². The number of pyridine rings is 2. The van der Waals surface area contributed by atoms with Gasteiger partial charge in [0.2, 0.25) is 0 Å². The Balaban J connectivity index is 1.06. The highest BCUT2D eigenvalue weighted by atomic mass is 19.1. The summed E-state index contributed by atoms with van der Waals surface area (Å²) in [5.74, 6) is 3.33. The first-order valence-corrected chi connectivity index (χ1v) is 12.8. The largest absolute Gasteiger partial charge is 0.486 e. The number of hydrogen-bond donors (Lipinski definition) is 2. The van der Waals surface area contributed by atoms with Crippen LogP contribution in [0.5, 0.6) is 11.5 Å². The van der Waals surface area contributed by atoms with E-state index in [2.05, 4.69) is 37.1 Å². The van der Waals surface area contributed by atoms with Crippen molar-refractivity contribution in [3.63, 3.8) is 0 Å². The van der Waals surface area contributed by atoms with Crippen LogP contribution in [0, 0.1) is 5.82 Å². The first-order valence-electron chi connectivity index (χ1n) is 12.8. The van der Waals surface area contributed by atoms with Gasteiger partial charge in [-0.25, -0.2) is 19.3 Å². The highest BCUT2D eigenvalue weighted by Gasteiger charge is 2.18. The third-order valence-electron chi connectivity index (χ3n) is 6.46. The Morgan fingerprint density at radius 2 is 1.84 bits per heavy atom. The fourth-order valence-electron chi connectivity index (χ4n) is 4.63. The lowest BCUT2D eigenvalue weighted by Crippen LogP contribution is -2.21. The molecule has 0 bridgehead atoms. The number of imidazole rings is 1. The molecule has 1 aliphatic heterocycles. The average molecular weight is 518 g/mol. The van der Waals surface area contributed by atoms with E-state index < -0.39 is 0 Å². The van der Waals surface area contributed by atoms with Crippen LogP contribution in [-0.2, 0) is 25.9 Å². The summed E-state index contributed by atoms with van der Waals surface area (Å²) >= 11 is 0. The van der Waals surface area contributed by atoms with Crippen LogP contribution in [0.2, 0.25) is 0 Å². The third-order valence-corrected chi connectivity index (χ3v) is 6.46. The number of anilines is 1. The van der Waals surface area contributed by atoms with Crippen molar-refractivity contribution >= 4 is 28.0 Å². The van der Waals surface area contributed by atoms with Gasteiger partial charge in [0, 0.05) is 63.1 Å². The second-order valence-corrected chi connectivity index (χ2v) is 8.91. The van der Waals surface area contributed by atoms with Crippen LogP contribution in [0.25, 0.3) is 22.1 Å². The normalized spacial score (nSPS) is 12.9. The number of hydrogen-bond acceptors (Lipinski definition) is 9. The summed E-state index contributed by atoms with van der Waals surface area (Å²) in [6, 6.07) is 8.70. The van der Waals surface area contributed by atoms with Gasteiger partial charge in [-0.2, -0.15) is 0 Å². The molecule has 6 rings (SSSR count). The summed E-state index contributed by atoms with van der Waals surface area (Å²) in [5.41, 5.74) is 3.54. The van der Waals surface area contributed by atoms with Crippen LogP contribution in [0.4, 0.5) is 10.2 Å². The van der Waals surface area contributed by atoms with Crippen molar-refractivity contribution in [2.24, 2.45) is 0 Å². The lowest BCUT2D eigenvalue weighted by molar-refractivity contribution is 0.172. The minimum atomic E-state index is -0.365. The molecule has 0 radical (unpaired) electrons. The summed E-state index contributed by atoms with van der Waals surface area (Å²) in [5, 5.41) is 6.58. The van der Waals surface area contributed by atoms with E-state index in [1.165, 1.54) is 6.07 Å². The third kappa shape index (κ3) is 4.84. The first-order chi connectivity index (χ1) is 18.7. The van der Waals surface area contributed by atoms with Crippen molar-refractivity contribution < 1.29 is 18.3 Å². The molecule has 10 nitrogen and oxygen atoms in total. The minimum absolute atomic E-state index is 0.202. The first kappa shape index (κ1) is 24.1. The highest BCUT2D eigenvalue weighted by molar-refractivity contribution is 5.84. The van der Waals surface area contributed by atoms with Gasteiger partial charge in [0.25, 0.3) is 0 Å². The maximum Gasteiger partial charge on any atom is 0.196 e. The summed E-state index contributed by atoms with van der Waals surface area (Å²) in [6.07, 6.45) is 4.60. The summed E-state index contributed by atoms with van der Waals surface area (Å²) < 4.78 is 33.5. The smallest absolute Gasteiger partial charge is 0.196 e. The Morgan fingerprint density at radius 1 is 1.00 bits per heavy atom. The fourth-order valence-corrected chi connectivity index (χ4v) is 4.63. The van der Waals surface area contributed by atoms with Crippen molar-refractivity contribution in [2.45, 2.75) is 32.9 Å². The molecule has 0 aliphatic carbocycles. The van der Waals surface area contributed by atoms with Gasteiger partial charge in [-0.3, -0.25) is 4.98 Å². The van der Waals surface area contributed by atoms with E-state index in [9.17, 15) is 4.39 Å². The summed E-state index contributed by atoms with van der Waals surface area (Å²) in [6.45, 7) is 5.73. The van der Waals surface area contributed by atoms with Gasteiger partial charge >= 0.3 is 0 Å². The number of oxazole rings is 1. The number of ether oxygens (including phenoxy) is 2. The Hall–Kier alpha value is -4.25. The quantitative estimate of drug-likeness (QED) is 0.267.